The van der Waals surface area contributed by atoms with Crippen LogP contribution in [-0.2, 0) is 4.79 Å². The van der Waals surface area contributed by atoms with Crippen molar-refractivity contribution in [2.24, 2.45) is 0 Å². The van der Waals surface area contributed by atoms with Gasteiger partial charge in [0.05, 0.1) is 20.1 Å². The van der Waals surface area contributed by atoms with Gasteiger partial charge in [0, 0.05) is 5.56 Å². The first-order valence-corrected chi connectivity index (χ1v) is 4.65. The maximum absolute atomic E-state index is 10.5. The molecule has 1 aromatic carbocycles. The number of carboxylic acid groups (broad SMARTS) is 1. The van der Waals surface area contributed by atoms with Gasteiger partial charge in [-0.25, -0.2) is 0 Å². The highest BCUT2D eigenvalue weighted by molar-refractivity contribution is 5.76. The Bertz CT molecular complexity index is 386. The maximum Gasteiger partial charge on any atom is 0.306 e. The quantitative estimate of drug-likeness (QED) is 0.738. The molecule has 0 aliphatic carbocycles. The third kappa shape index (κ3) is 3.27. The van der Waals surface area contributed by atoms with Gasteiger partial charge in [-0.1, -0.05) is 0 Å². The number of aldehydes is 1. The van der Waals surface area contributed by atoms with E-state index in [4.69, 9.17) is 14.6 Å². The van der Waals surface area contributed by atoms with Gasteiger partial charge in [0.1, 0.15) is 6.29 Å². The van der Waals surface area contributed by atoms with Crippen LogP contribution in [0.2, 0.25) is 0 Å². The second kappa shape index (κ2) is 5.75. The number of carboxylic acids is 1. The molecule has 0 aromatic heterocycles. The number of hydrogen-bond donors (Lipinski definition) is 1. The van der Waals surface area contributed by atoms with Crippen LogP contribution < -0.4 is 9.47 Å². The van der Waals surface area contributed by atoms with Gasteiger partial charge in [-0.2, -0.15) is 0 Å². The highest BCUT2D eigenvalue weighted by atomic mass is 16.5. The molecule has 0 aliphatic heterocycles. The molecular formula is C11H12O5. The molecule has 0 atom stereocenters. The van der Waals surface area contributed by atoms with E-state index in [0.717, 1.165) is 0 Å². The molecule has 0 heterocycles. The van der Waals surface area contributed by atoms with Crippen LogP contribution in [-0.4, -0.2) is 31.1 Å². The van der Waals surface area contributed by atoms with Crippen LogP contribution in [0.4, 0.5) is 0 Å². The second-order valence-corrected chi connectivity index (χ2v) is 3.02. The third-order valence-corrected chi connectivity index (χ3v) is 1.90. The zero-order valence-electron chi connectivity index (χ0n) is 8.80. The number of aliphatic carboxylic acids is 1. The van der Waals surface area contributed by atoms with Crippen LogP contribution in [0, 0.1) is 0 Å². The Morgan fingerprint density at radius 2 is 2.19 bits per heavy atom. The SMILES string of the molecule is COc1ccc(C=O)cc1OCCC(=O)O. The molecule has 0 unspecified atom stereocenters. The van der Waals surface area contributed by atoms with E-state index >= 15 is 0 Å². The largest absolute Gasteiger partial charge is 0.493 e. The van der Waals surface area contributed by atoms with E-state index in [0.29, 0.717) is 23.3 Å². The molecule has 1 N–H and O–H groups in total. The number of methoxy groups -OCH3 is 1. The summed E-state index contributed by atoms with van der Waals surface area (Å²) in [5.74, 6) is -0.102. The Labute approximate surface area is 92.6 Å². The first-order valence-electron chi connectivity index (χ1n) is 4.65. The summed E-state index contributed by atoms with van der Waals surface area (Å²) in [6, 6.07) is 4.70. The van der Waals surface area contributed by atoms with E-state index in [2.05, 4.69) is 0 Å². The molecule has 0 bridgehead atoms. The summed E-state index contributed by atoms with van der Waals surface area (Å²) in [7, 11) is 1.47. The molecule has 0 aliphatic rings. The van der Waals surface area contributed by atoms with Crippen LogP contribution in [0.3, 0.4) is 0 Å². The summed E-state index contributed by atoms with van der Waals surface area (Å²) < 4.78 is 10.2. The number of carbonyl (C=O) groups is 2. The lowest BCUT2D eigenvalue weighted by atomic mass is 10.2. The average molecular weight is 224 g/mol. The Morgan fingerprint density at radius 3 is 2.75 bits per heavy atom. The van der Waals surface area contributed by atoms with Gasteiger partial charge in [-0.3, -0.25) is 9.59 Å². The molecular weight excluding hydrogens is 212 g/mol. The fourth-order valence-corrected chi connectivity index (χ4v) is 1.13. The molecule has 0 saturated carbocycles. The van der Waals surface area contributed by atoms with E-state index in [1.807, 2.05) is 0 Å². The molecule has 1 aromatic rings. The predicted octanol–water partition coefficient (Wildman–Crippen LogP) is 1.36. The first-order chi connectivity index (χ1) is 7.67. The number of ether oxygens (including phenoxy) is 2. The van der Waals surface area contributed by atoms with Crippen molar-refractivity contribution in [2.45, 2.75) is 6.42 Å². The Morgan fingerprint density at radius 1 is 1.44 bits per heavy atom. The number of hydrogen-bond acceptors (Lipinski definition) is 4. The predicted molar refractivity (Wildman–Crippen MR) is 56.1 cm³/mol. The van der Waals surface area contributed by atoms with E-state index < -0.39 is 5.97 Å². The van der Waals surface area contributed by atoms with Crippen LogP contribution in [0.5, 0.6) is 11.5 Å². The van der Waals surface area contributed by atoms with Crippen LogP contribution in [0.1, 0.15) is 16.8 Å². The highest BCUT2D eigenvalue weighted by Crippen LogP contribution is 2.27. The third-order valence-electron chi connectivity index (χ3n) is 1.90. The van der Waals surface area contributed by atoms with Crippen molar-refractivity contribution >= 4 is 12.3 Å². The van der Waals surface area contributed by atoms with Crippen molar-refractivity contribution < 1.29 is 24.2 Å². The zero-order chi connectivity index (χ0) is 12.0. The van der Waals surface area contributed by atoms with Crippen molar-refractivity contribution in [3.63, 3.8) is 0 Å². The van der Waals surface area contributed by atoms with Gasteiger partial charge >= 0.3 is 5.97 Å². The molecule has 5 heteroatoms. The standard InChI is InChI=1S/C11H12O5/c1-15-9-3-2-8(7-12)6-10(9)16-5-4-11(13)14/h2-3,6-7H,4-5H2,1H3,(H,13,14). The van der Waals surface area contributed by atoms with Gasteiger partial charge in [0.25, 0.3) is 0 Å². The summed E-state index contributed by atoms with van der Waals surface area (Å²) in [5.41, 5.74) is 0.450. The van der Waals surface area contributed by atoms with Crippen molar-refractivity contribution in [2.75, 3.05) is 13.7 Å². The lowest BCUT2D eigenvalue weighted by molar-refractivity contribution is -0.137. The van der Waals surface area contributed by atoms with Crippen molar-refractivity contribution in [1.29, 1.82) is 0 Å². The topological polar surface area (TPSA) is 72.8 Å². The molecule has 5 nitrogen and oxygen atoms in total. The van der Waals surface area contributed by atoms with Gasteiger partial charge in [0.2, 0.25) is 0 Å². The molecule has 0 saturated heterocycles. The van der Waals surface area contributed by atoms with Crippen LogP contribution in [0.15, 0.2) is 18.2 Å². The minimum atomic E-state index is -0.939. The molecule has 0 amide bonds. The summed E-state index contributed by atoms with van der Waals surface area (Å²) in [5, 5.41) is 8.45. The highest BCUT2D eigenvalue weighted by Gasteiger charge is 2.06. The fourth-order valence-electron chi connectivity index (χ4n) is 1.13. The Hall–Kier alpha value is -2.04. The summed E-state index contributed by atoms with van der Waals surface area (Å²) in [4.78, 5) is 20.8. The Kier molecular flexibility index (Phi) is 4.32. The number of benzene rings is 1. The van der Waals surface area contributed by atoms with Crippen molar-refractivity contribution in [3.05, 3.63) is 23.8 Å². The van der Waals surface area contributed by atoms with Gasteiger partial charge < -0.3 is 14.6 Å². The van der Waals surface area contributed by atoms with Crippen molar-refractivity contribution in [3.8, 4) is 11.5 Å². The smallest absolute Gasteiger partial charge is 0.306 e. The molecule has 0 spiro atoms. The van der Waals surface area contributed by atoms with Crippen LogP contribution in [0.25, 0.3) is 0 Å². The molecule has 16 heavy (non-hydrogen) atoms. The maximum atomic E-state index is 10.5. The Balaban J connectivity index is 2.74. The lowest BCUT2D eigenvalue weighted by Gasteiger charge is -2.09. The van der Waals surface area contributed by atoms with E-state index in [1.54, 1.807) is 12.1 Å². The first kappa shape index (κ1) is 12.0. The summed E-state index contributed by atoms with van der Waals surface area (Å²) >= 11 is 0. The van der Waals surface area contributed by atoms with E-state index in [9.17, 15) is 9.59 Å². The van der Waals surface area contributed by atoms with E-state index in [-0.39, 0.29) is 13.0 Å². The molecule has 0 radical (unpaired) electrons. The lowest BCUT2D eigenvalue weighted by Crippen LogP contribution is -2.05. The minimum Gasteiger partial charge on any atom is -0.493 e. The zero-order valence-corrected chi connectivity index (χ0v) is 8.80. The van der Waals surface area contributed by atoms with E-state index in [1.165, 1.54) is 13.2 Å². The van der Waals surface area contributed by atoms with Crippen LogP contribution >= 0.6 is 0 Å². The summed E-state index contributed by atoms with van der Waals surface area (Å²) in [6.07, 6.45) is 0.581. The molecule has 86 valence electrons. The summed E-state index contributed by atoms with van der Waals surface area (Å²) in [6.45, 7) is 0.0357. The van der Waals surface area contributed by atoms with Crippen molar-refractivity contribution in [1.82, 2.24) is 0 Å². The average Bonchev–Trinajstić information content (AvgIpc) is 2.28. The second-order valence-electron chi connectivity index (χ2n) is 3.02. The van der Waals surface area contributed by atoms with Gasteiger partial charge in [-0.05, 0) is 18.2 Å². The van der Waals surface area contributed by atoms with Gasteiger partial charge in [-0.15, -0.1) is 0 Å². The monoisotopic (exact) mass is 224 g/mol. The number of carbonyl (C=O) groups excluding carboxylic acids is 1. The minimum absolute atomic E-state index is 0.0357. The fraction of sp³-hybridized carbons (Fsp3) is 0.273. The number of rotatable bonds is 6. The normalized spacial score (nSPS) is 9.56. The molecule has 1 rings (SSSR count). The molecule has 0 fully saturated rings. The van der Waals surface area contributed by atoms with Gasteiger partial charge in [0.15, 0.2) is 11.5 Å².